The molecule has 12 heavy (non-hydrogen) atoms. The fourth-order valence-corrected chi connectivity index (χ4v) is 2.49. The third-order valence-electron chi connectivity index (χ3n) is 1.20. The molecule has 1 rings (SSSR count). The molecule has 0 radical (unpaired) electrons. The first-order chi connectivity index (χ1) is 5.41. The highest BCUT2D eigenvalue weighted by molar-refractivity contribution is 9.10. The van der Waals surface area contributed by atoms with Gasteiger partial charge in [0.1, 0.15) is 0 Å². The van der Waals surface area contributed by atoms with Crippen molar-refractivity contribution in [3.8, 4) is 0 Å². The first-order valence-corrected chi connectivity index (χ1v) is 5.61. The summed E-state index contributed by atoms with van der Waals surface area (Å²) in [6, 6.07) is 4.39. The molecule has 0 saturated carbocycles. The van der Waals surface area contributed by atoms with Gasteiger partial charge in [0.2, 0.25) is 10.0 Å². The Labute approximate surface area is 83.7 Å². The van der Waals surface area contributed by atoms with Crippen molar-refractivity contribution in [1.29, 1.82) is 0 Å². The van der Waals surface area contributed by atoms with Crippen LogP contribution >= 0.6 is 27.5 Å². The van der Waals surface area contributed by atoms with E-state index in [4.69, 9.17) is 16.7 Å². The second kappa shape index (κ2) is 3.33. The molecule has 0 aliphatic rings. The normalized spacial score (nSPS) is 11.6. The molecule has 0 fully saturated rings. The minimum atomic E-state index is -3.69. The fourth-order valence-electron chi connectivity index (χ4n) is 0.695. The molecule has 0 atom stereocenters. The van der Waals surface area contributed by atoms with E-state index in [1.807, 2.05) is 0 Å². The van der Waals surface area contributed by atoms with Gasteiger partial charge in [-0.1, -0.05) is 11.6 Å². The highest BCUT2D eigenvalue weighted by Gasteiger charge is 2.12. The van der Waals surface area contributed by atoms with Crippen LogP contribution in [-0.4, -0.2) is 8.42 Å². The first kappa shape index (κ1) is 9.98. The van der Waals surface area contributed by atoms with Gasteiger partial charge in [0.25, 0.3) is 0 Å². The van der Waals surface area contributed by atoms with Crippen LogP contribution in [0.3, 0.4) is 0 Å². The maximum Gasteiger partial charge on any atom is 0.239 e. The van der Waals surface area contributed by atoms with Gasteiger partial charge in [0.05, 0.1) is 4.90 Å². The molecular weight excluding hydrogens is 265 g/mol. The zero-order valence-corrected chi connectivity index (χ0v) is 8.95. The van der Waals surface area contributed by atoms with E-state index >= 15 is 0 Å². The van der Waals surface area contributed by atoms with Crippen LogP contribution in [-0.2, 0) is 10.0 Å². The summed E-state index contributed by atoms with van der Waals surface area (Å²) in [6.45, 7) is 0. The van der Waals surface area contributed by atoms with Crippen LogP contribution in [0.25, 0.3) is 0 Å². The highest BCUT2D eigenvalue weighted by atomic mass is 79.9. The van der Waals surface area contributed by atoms with Crippen LogP contribution in [0.15, 0.2) is 27.6 Å². The zero-order valence-electron chi connectivity index (χ0n) is 5.79. The Kier molecular flexibility index (Phi) is 2.77. The van der Waals surface area contributed by atoms with Gasteiger partial charge < -0.3 is 0 Å². The molecule has 1 aromatic carbocycles. The van der Waals surface area contributed by atoms with Gasteiger partial charge in [-0.05, 0) is 34.1 Å². The van der Waals surface area contributed by atoms with E-state index in [1.165, 1.54) is 12.1 Å². The predicted molar refractivity (Wildman–Crippen MR) is 50.5 cm³/mol. The molecule has 1 aromatic rings. The van der Waals surface area contributed by atoms with E-state index in [0.717, 1.165) is 0 Å². The lowest BCUT2D eigenvalue weighted by Gasteiger charge is -2.00. The van der Waals surface area contributed by atoms with Gasteiger partial charge in [0.15, 0.2) is 0 Å². The average Bonchev–Trinajstić information content (AvgIpc) is 1.92. The quantitative estimate of drug-likeness (QED) is 0.845. The molecule has 0 aromatic heterocycles. The fraction of sp³-hybridized carbons (Fsp3) is 0. The average molecular weight is 271 g/mol. The molecule has 0 amide bonds. The summed E-state index contributed by atoms with van der Waals surface area (Å²) >= 11 is 8.63. The van der Waals surface area contributed by atoms with Gasteiger partial charge in [-0.15, -0.1) is 0 Å². The van der Waals surface area contributed by atoms with E-state index < -0.39 is 10.0 Å². The Hall–Kier alpha value is -0.100. The number of halogens is 2. The summed E-state index contributed by atoms with van der Waals surface area (Å²) < 4.78 is 22.2. The van der Waals surface area contributed by atoms with Crippen molar-refractivity contribution in [1.82, 2.24) is 0 Å². The number of benzene rings is 1. The van der Waals surface area contributed by atoms with Gasteiger partial charge >= 0.3 is 0 Å². The van der Waals surface area contributed by atoms with Gasteiger partial charge in [-0.25, -0.2) is 13.6 Å². The second-order valence-corrected chi connectivity index (χ2v) is 4.94. The molecule has 6 heteroatoms. The Balaban J connectivity index is 3.43. The summed E-state index contributed by atoms with van der Waals surface area (Å²) in [4.78, 5) is -0.00463. The van der Waals surface area contributed by atoms with E-state index in [-0.39, 0.29) is 4.90 Å². The van der Waals surface area contributed by atoms with Crippen molar-refractivity contribution in [3.05, 3.63) is 27.7 Å². The number of sulfonamides is 1. The van der Waals surface area contributed by atoms with Crippen LogP contribution in [0, 0.1) is 0 Å². The molecule has 3 nitrogen and oxygen atoms in total. The van der Waals surface area contributed by atoms with E-state index in [1.54, 1.807) is 6.07 Å². The number of primary sulfonamides is 1. The summed E-state index contributed by atoms with van der Waals surface area (Å²) in [5.41, 5.74) is 0. The van der Waals surface area contributed by atoms with Crippen molar-refractivity contribution < 1.29 is 8.42 Å². The minimum absolute atomic E-state index is 0.00463. The lowest BCUT2D eigenvalue weighted by Crippen LogP contribution is -2.12. The molecule has 0 unspecified atom stereocenters. The van der Waals surface area contributed by atoms with Crippen molar-refractivity contribution in [2.24, 2.45) is 5.14 Å². The number of nitrogens with two attached hydrogens (primary N) is 1. The van der Waals surface area contributed by atoms with Gasteiger partial charge in [0, 0.05) is 9.50 Å². The van der Waals surface area contributed by atoms with Crippen LogP contribution in [0.1, 0.15) is 0 Å². The van der Waals surface area contributed by atoms with Crippen molar-refractivity contribution in [3.63, 3.8) is 0 Å². The number of rotatable bonds is 1. The predicted octanol–water partition coefficient (Wildman–Crippen LogP) is 1.75. The van der Waals surface area contributed by atoms with Gasteiger partial charge in [-0.3, -0.25) is 0 Å². The number of hydrogen-bond donors (Lipinski definition) is 1. The second-order valence-electron chi connectivity index (χ2n) is 2.12. The highest BCUT2D eigenvalue weighted by Crippen LogP contribution is 2.23. The lowest BCUT2D eigenvalue weighted by molar-refractivity contribution is 0.597. The zero-order chi connectivity index (χ0) is 9.35. The largest absolute Gasteiger partial charge is 0.239 e. The maximum atomic E-state index is 10.9. The third kappa shape index (κ3) is 2.20. The van der Waals surface area contributed by atoms with Crippen molar-refractivity contribution in [2.75, 3.05) is 0 Å². The SMILES string of the molecule is NS(=O)(=O)c1cc(Cl)ccc1Br. The van der Waals surface area contributed by atoms with Crippen molar-refractivity contribution in [2.45, 2.75) is 4.90 Å². The van der Waals surface area contributed by atoms with Crippen LogP contribution in [0.2, 0.25) is 5.02 Å². The Morgan fingerprint density at radius 2 is 2.00 bits per heavy atom. The molecule has 0 bridgehead atoms. The Morgan fingerprint density at radius 1 is 1.42 bits per heavy atom. The Morgan fingerprint density at radius 3 is 2.42 bits per heavy atom. The maximum absolute atomic E-state index is 10.9. The molecule has 66 valence electrons. The molecule has 0 heterocycles. The monoisotopic (exact) mass is 269 g/mol. The Bertz CT molecular complexity index is 404. The minimum Gasteiger partial charge on any atom is -0.225 e. The number of hydrogen-bond acceptors (Lipinski definition) is 2. The molecule has 0 aliphatic heterocycles. The molecule has 0 saturated heterocycles. The molecule has 0 aliphatic carbocycles. The summed E-state index contributed by atoms with van der Waals surface area (Å²) in [5, 5.41) is 5.25. The molecule has 0 spiro atoms. The summed E-state index contributed by atoms with van der Waals surface area (Å²) in [5.74, 6) is 0. The first-order valence-electron chi connectivity index (χ1n) is 2.89. The van der Waals surface area contributed by atoms with Crippen LogP contribution in [0.4, 0.5) is 0 Å². The van der Waals surface area contributed by atoms with Crippen molar-refractivity contribution >= 4 is 37.6 Å². The van der Waals surface area contributed by atoms with Crippen LogP contribution < -0.4 is 5.14 Å². The standard InChI is InChI=1S/C6H5BrClNO2S/c7-5-2-1-4(8)3-6(5)12(9,10)11/h1-3H,(H2,9,10,11). The van der Waals surface area contributed by atoms with Gasteiger partial charge in [-0.2, -0.15) is 0 Å². The third-order valence-corrected chi connectivity index (χ3v) is 3.34. The molecular formula is C6H5BrClNO2S. The lowest BCUT2D eigenvalue weighted by atomic mass is 10.4. The molecule has 2 N–H and O–H groups in total. The topological polar surface area (TPSA) is 60.2 Å². The van der Waals surface area contributed by atoms with Crippen LogP contribution in [0.5, 0.6) is 0 Å². The summed E-state index contributed by atoms with van der Waals surface area (Å²) in [6.07, 6.45) is 0. The van der Waals surface area contributed by atoms with E-state index in [2.05, 4.69) is 15.9 Å². The summed E-state index contributed by atoms with van der Waals surface area (Å²) in [7, 11) is -3.69. The van der Waals surface area contributed by atoms with E-state index in [0.29, 0.717) is 9.50 Å². The smallest absolute Gasteiger partial charge is 0.225 e. The van der Waals surface area contributed by atoms with E-state index in [9.17, 15) is 8.42 Å².